The Kier molecular flexibility index (Phi) is 7.98. The Morgan fingerprint density at radius 2 is 1.69 bits per heavy atom. The second-order valence-corrected chi connectivity index (χ2v) is 9.26. The number of halogens is 3. The molecule has 0 spiro atoms. The molecule has 0 saturated heterocycles. The number of nitrogens with one attached hydrogen (secondary N) is 1. The largest absolute Gasteiger partial charge is 0.350 e. The molecule has 0 heterocycles. The molecule has 29 heavy (non-hydrogen) atoms. The van der Waals surface area contributed by atoms with E-state index >= 15 is 0 Å². The van der Waals surface area contributed by atoms with Crippen LogP contribution in [0.2, 0.25) is 15.1 Å². The molecule has 0 saturated carbocycles. The number of hydrogen-bond donors (Lipinski definition) is 1. The Morgan fingerprint density at radius 3 is 2.28 bits per heavy atom. The SMILES string of the molecule is CC(C(=O)NC(C)(C)C)N(Cc1ccc(Cl)cc1Cl)C(=O)Cc1cccc(Cl)c1. The van der Waals surface area contributed by atoms with Crippen molar-refractivity contribution < 1.29 is 9.59 Å². The van der Waals surface area contributed by atoms with Gasteiger partial charge < -0.3 is 10.2 Å². The van der Waals surface area contributed by atoms with Gasteiger partial charge in [0.05, 0.1) is 6.42 Å². The van der Waals surface area contributed by atoms with Crippen molar-refractivity contribution in [1.29, 1.82) is 0 Å². The van der Waals surface area contributed by atoms with Crippen LogP contribution in [0, 0.1) is 0 Å². The molecule has 0 fully saturated rings. The van der Waals surface area contributed by atoms with E-state index in [-0.39, 0.29) is 24.8 Å². The Labute approximate surface area is 187 Å². The Bertz CT molecular complexity index is 894. The van der Waals surface area contributed by atoms with E-state index in [0.29, 0.717) is 20.6 Å². The summed E-state index contributed by atoms with van der Waals surface area (Å²) in [6.45, 7) is 7.58. The van der Waals surface area contributed by atoms with E-state index < -0.39 is 11.6 Å². The number of amides is 2. The van der Waals surface area contributed by atoms with Gasteiger partial charge in [-0.25, -0.2) is 0 Å². The maximum atomic E-state index is 13.2. The minimum Gasteiger partial charge on any atom is -0.350 e. The normalized spacial score (nSPS) is 12.4. The molecule has 0 bridgehead atoms. The fourth-order valence-electron chi connectivity index (χ4n) is 2.81. The van der Waals surface area contributed by atoms with E-state index in [1.807, 2.05) is 26.8 Å². The Balaban J connectivity index is 2.30. The molecule has 0 radical (unpaired) electrons. The Morgan fingerprint density at radius 1 is 1.03 bits per heavy atom. The molecule has 1 atom stereocenters. The molecule has 7 heteroatoms. The molecule has 2 amide bonds. The van der Waals surface area contributed by atoms with Gasteiger partial charge >= 0.3 is 0 Å². The van der Waals surface area contributed by atoms with Crippen molar-refractivity contribution in [3.63, 3.8) is 0 Å². The van der Waals surface area contributed by atoms with Gasteiger partial charge in [0.15, 0.2) is 0 Å². The van der Waals surface area contributed by atoms with Crippen molar-refractivity contribution in [2.75, 3.05) is 0 Å². The number of carbonyl (C=O) groups is 2. The van der Waals surface area contributed by atoms with E-state index in [2.05, 4.69) is 5.32 Å². The highest BCUT2D eigenvalue weighted by Gasteiger charge is 2.28. The van der Waals surface area contributed by atoms with E-state index in [0.717, 1.165) is 5.56 Å². The van der Waals surface area contributed by atoms with Crippen LogP contribution < -0.4 is 5.32 Å². The molecule has 156 valence electrons. The molecule has 0 aliphatic carbocycles. The van der Waals surface area contributed by atoms with Gasteiger partial charge in [-0.2, -0.15) is 0 Å². The number of carbonyl (C=O) groups excluding carboxylic acids is 2. The quantitative estimate of drug-likeness (QED) is 0.623. The van der Waals surface area contributed by atoms with Crippen molar-refractivity contribution in [3.8, 4) is 0 Å². The van der Waals surface area contributed by atoms with Crippen molar-refractivity contribution in [2.45, 2.75) is 52.2 Å². The third kappa shape index (κ3) is 7.22. The predicted molar refractivity (Wildman–Crippen MR) is 120 cm³/mol. The second kappa shape index (κ2) is 9.84. The van der Waals surface area contributed by atoms with Crippen LogP contribution in [0.5, 0.6) is 0 Å². The summed E-state index contributed by atoms with van der Waals surface area (Å²) in [7, 11) is 0. The average molecular weight is 456 g/mol. The molecule has 2 rings (SSSR count). The van der Waals surface area contributed by atoms with Crippen LogP contribution >= 0.6 is 34.8 Å². The van der Waals surface area contributed by atoms with Crippen molar-refractivity contribution in [3.05, 3.63) is 68.7 Å². The first kappa shape index (κ1) is 23.5. The van der Waals surface area contributed by atoms with Gasteiger partial charge in [0.1, 0.15) is 6.04 Å². The van der Waals surface area contributed by atoms with Gasteiger partial charge in [0.2, 0.25) is 11.8 Å². The number of rotatable bonds is 6. The number of nitrogens with zero attached hydrogens (tertiary/aromatic N) is 1. The smallest absolute Gasteiger partial charge is 0.242 e. The lowest BCUT2D eigenvalue weighted by molar-refractivity contribution is -0.140. The molecule has 1 unspecified atom stereocenters. The van der Waals surface area contributed by atoms with Gasteiger partial charge in [0, 0.05) is 27.2 Å². The summed E-state index contributed by atoms with van der Waals surface area (Å²) in [6, 6.07) is 11.5. The van der Waals surface area contributed by atoms with E-state index in [1.54, 1.807) is 43.3 Å². The van der Waals surface area contributed by atoms with Gasteiger partial charge in [-0.3, -0.25) is 9.59 Å². The van der Waals surface area contributed by atoms with Crippen LogP contribution in [0.4, 0.5) is 0 Å². The molecular weight excluding hydrogens is 431 g/mol. The average Bonchev–Trinajstić information content (AvgIpc) is 2.59. The number of hydrogen-bond acceptors (Lipinski definition) is 2. The number of benzene rings is 2. The van der Waals surface area contributed by atoms with Crippen molar-refractivity contribution >= 4 is 46.6 Å². The summed E-state index contributed by atoms with van der Waals surface area (Å²) in [5, 5.41) is 4.44. The lowest BCUT2D eigenvalue weighted by atomic mass is 10.1. The summed E-state index contributed by atoms with van der Waals surface area (Å²) in [5.74, 6) is -0.433. The first-order valence-corrected chi connectivity index (χ1v) is 10.4. The third-order valence-electron chi connectivity index (χ3n) is 4.27. The summed E-state index contributed by atoms with van der Waals surface area (Å²) in [6.07, 6.45) is 0.124. The minimum absolute atomic E-state index is 0.124. The maximum Gasteiger partial charge on any atom is 0.242 e. The standard InChI is InChI=1S/C22H25Cl3N2O2/c1-14(21(29)26-22(2,3)4)27(13-16-8-9-18(24)12-19(16)25)20(28)11-15-6-5-7-17(23)10-15/h5-10,12,14H,11,13H2,1-4H3,(H,26,29). The van der Waals surface area contributed by atoms with E-state index in [1.165, 1.54) is 4.90 Å². The summed E-state index contributed by atoms with van der Waals surface area (Å²) >= 11 is 18.3. The predicted octanol–water partition coefficient (Wildman–Crippen LogP) is 5.52. The van der Waals surface area contributed by atoms with Crippen molar-refractivity contribution in [1.82, 2.24) is 10.2 Å². The maximum absolute atomic E-state index is 13.2. The molecular formula is C22H25Cl3N2O2. The first-order chi connectivity index (χ1) is 13.5. The molecule has 1 N–H and O–H groups in total. The van der Waals surface area contributed by atoms with Crippen LogP contribution in [0.15, 0.2) is 42.5 Å². The third-order valence-corrected chi connectivity index (χ3v) is 5.09. The summed E-state index contributed by atoms with van der Waals surface area (Å²) < 4.78 is 0. The fraction of sp³-hybridized carbons (Fsp3) is 0.364. The Hall–Kier alpha value is -1.75. The lowest BCUT2D eigenvalue weighted by Crippen LogP contribution is -2.52. The summed E-state index contributed by atoms with van der Waals surface area (Å²) in [5.41, 5.74) is 1.08. The second-order valence-electron chi connectivity index (χ2n) is 7.98. The van der Waals surface area contributed by atoms with Gasteiger partial charge in [-0.15, -0.1) is 0 Å². The monoisotopic (exact) mass is 454 g/mol. The molecule has 0 aliphatic heterocycles. The molecule has 2 aromatic rings. The van der Waals surface area contributed by atoms with Crippen LogP contribution in [0.25, 0.3) is 0 Å². The van der Waals surface area contributed by atoms with Crippen LogP contribution in [0.1, 0.15) is 38.8 Å². The highest BCUT2D eigenvalue weighted by Crippen LogP contribution is 2.24. The van der Waals surface area contributed by atoms with Crippen molar-refractivity contribution in [2.24, 2.45) is 0 Å². The highest BCUT2D eigenvalue weighted by atomic mass is 35.5. The molecule has 2 aromatic carbocycles. The zero-order valence-electron chi connectivity index (χ0n) is 16.9. The van der Waals surface area contributed by atoms with Crippen LogP contribution in [-0.2, 0) is 22.6 Å². The van der Waals surface area contributed by atoms with Crippen LogP contribution in [0.3, 0.4) is 0 Å². The topological polar surface area (TPSA) is 49.4 Å². The zero-order valence-corrected chi connectivity index (χ0v) is 19.2. The first-order valence-electron chi connectivity index (χ1n) is 9.26. The fourth-order valence-corrected chi connectivity index (χ4v) is 3.49. The minimum atomic E-state index is -0.687. The molecule has 0 aromatic heterocycles. The van der Waals surface area contributed by atoms with Gasteiger partial charge in [-0.05, 0) is 63.1 Å². The lowest BCUT2D eigenvalue weighted by Gasteiger charge is -2.31. The van der Waals surface area contributed by atoms with E-state index in [4.69, 9.17) is 34.8 Å². The van der Waals surface area contributed by atoms with Crippen LogP contribution in [-0.4, -0.2) is 28.3 Å². The zero-order chi connectivity index (χ0) is 21.8. The summed E-state index contributed by atoms with van der Waals surface area (Å²) in [4.78, 5) is 27.4. The van der Waals surface area contributed by atoms with E-state index in [9.17, 15) is 9.59 Å². The highest BCUT2D eigenvalue weighted by molar-refractivity contribution is 6.35. The molecule has 4 nitrogen and oxygen atoms in total. The van der Waals surface area contributed by atoms with Gasteiger partial charge in [0.25, 0.3) is 0 Å². The molecule has 0 aliphatic rings. The van der Waals surface area contributed by atoms with Gasteiger partial charge in [-0.1, -0.05) is 53.0 Å².